The fourth-order valence-corrected chi connectivity index (χ4v) is 4.55. The molecule has 1 saturated heterocycles. The summed E-state index contributed by atoms with van der Waals surface area (Å²) in [7, 11) is 4.36. The third-order valence-electron chi connectivity index (χ3n) is 6.43. The monoisotopic (exact) mass is 410 g/mol. The maximum atomic E-state index is 9.18. The Kier molecular flexibility index (Phi) is 5.14. The molecule has 0 aliphatic carbocycles. The van der Waals surface area contributed by atoms with Gasteiger partial charge < -0.3 is 9.88 Å². The highest BCUT2D eigenvalue weighted by Gasteiger charge is 2.20. The van der Waals surface area contributed by atoms with Gasteiger partial charge in [0.15, 0.2) is 0 Å². The number of pyridine rings is 2. The van der Waals surface area contributed by atoms with Crippen LogP contribution in [-0.4, -0.2) is 58.0 Å². The topological polar surface area (TPSA) is 71.8 Å². The molecule has 1 aliphatic rings. The Balaban J connectivity index is 1.36. The number of fused-ring (bicyclic) bond motifs is 3. The van der Waals surface area contributed by atoms with Gasteiger partial charge in [-0.1, -0.05) is 24.3 Å². The number of hydrogen-bond donors (Lipinski definition) is 1. The van der Waals surface area contributed by atoms with Crippen LogP contribution in [0.1, 0.15) is 24.1 Å². The first-order valence-corrected chi connectivity index (χ1v) is 10.8. The van der Waals surface area contributed by atoms with Gasteiger partial charge in [-0.25, -0.2) is 9.97 Å². The number of nitrogens with one attached hydrogen (secondary N) is 1. The quantitative estimate of drug-likeness (QED) is 0.547. The van der Waals surface area contributed by atoms with Crippen molar-refractivity contribution in [2.24, 2.45) is 0 Å². The third kappa shape index (κ3) is 3.90. The van der Waals surface area contributed by atoms with Crippen LogP contribution in [0.5, 0.6) is 0 Å². The van der Waals surface area contributed by atoms with Gasteiger partial charge >= 0.3 is 0 Å². The summed E-state index contributed by atoms with van der Waals surface area (Å²) in [6, 6.07) is 15.6. The van der Waals surface area contributed by atoms with E-state index in [2.05, 4.69) is 75.2 Å². The van der Waals surface area contributed by atoms with Crippen molar-refractivity contribution in [2.75, 3.05) is 27.2 Å². The summed E-state index contributed by atoms with van der Waals surface area (Å²) in [6.45, 7) is 3.32. The van der Waals surface area contributed by atoms with Gasteiger partial charge in [0, 0.05) is 35.1 Å². The Hall–Kier alpha value is -3.27. The van der Waals surface area contributed by atoms with Crippen LogP contribution >= 0.6 is 0 Å². The molecule has 6 heteroatoms. The van der Waals surface area contributed by atoms with Crippen LogP contribution in [0.3, 0.4) is 0 Å². The minimum atomic E-state index is 0.415. The van der Waals surface area contributed by atoms with Gasteiger partial charge in [-0.15, -0.1) is 0 Å². The van der Waals surface area contributed by atoms with E-state index in [1.807, 2.05) is 12.3 Å². The first-order valence-electron chi connectivity index (χ1n) is 10.8. The molecule has 4 aromatic rings. The zero-order chi connectivity index (χ0) is 21.4. The minimum Gasteiger partial charge on any atom is -0.338 e. The van der Waals surface area contributed by atoms with Crippen molar-refractivity contribution < 1.29 is 0 Å². The molecule has 0 amide bonds. The second kappa shape index (κ2) is 8.10. The Bertz CT molecular complexity index is 1260. The summed E-state index contributed by atoms with van der Waals surface area (Å²) in [6.07, 6.45) is 6.08. The van der Waals surface area contributed by atoms with Crippen LogP contribution in [0.4, 0.5) is 0 Å². The van der Waals surface area contributed by atoms with E-state index in [1.54, 1.807) is 6.20 Å². The van der Waals surface area contributed by atoms with E-state index < -0.39 is 0 Å². The van der Waals surface area contributed by atoms with Crippen molar-refractivity contribution in [3.8, 4) is 17.2 Å². The number of likely N-dealkylation sites (tertiary alicyclic amines) is 1. The molecule has 0 bridgehead atoms. The molecule has 0 atom stereocenters. The Labute approximate surface area is 182 Å². The van der Waals surface area contributed by atoms with Crippen molar-refractivity contribution >= 4 is 21.9 Å². The van der Waals surface area contributed by atoms with E-state index in [1.165, 1.54) is 18.4 Å². The molecule has 0 spiro atoms. The highest BCUT2D eigenvalue weighted by molar-refractivity contribution is 6.06. The standard InChI is InChI=1S/C25H26N6/c1-30(2)21-7-9-31(10-8-21)16-17-3-5-18(6-4-17)19-11-23-22-12-20(13-26)27-15-24(22)29-25(23)28-14-19/h3-6,11-12,14-15,21H,7-10,16H2,1-2H3,(H,28,29). The normalized spacial score (nSPS) is 15.7. The summed E-state index contributed by atoms with van der Waals surface area (Å²) < 4.78 is 0. The van der Waals surface area contributed by atoms with E-state index in [0.717, 1.165) is 52.7 Å². The molecule has 1 N–H and O–H groups in total. The SMILES string of the molecule is CN(C)C1CCN(Cc2ccc(-c3cnc4[nH]c5cnc(C#N)cc5c4c3)cc2)CC1. The Morgan fingerprint density at radius 1 is 1.03 bits per heavy atom. The molecule has 1 fully saturated rings. The molecule has 0 saturated carbocycles. The van der Waals surface area contributed by atoms with Crippen LogP contribution in [0.15, 0.2) is 48.8 Å². The van der Waals surface area contributed by atoms with Crippen LogP contribution in [0.2, 0.25) is 0 Å². The first kappa shape index (κ1) is 19.7. The number of rotatable bonds is 4. The van der Waals surface area contributed by atoms with Gasteiger partial charge in [0.25, 0.3) is 0 Å². The molecule has 6 nitrogen and oxygen atoms in total. The van der Waals surface area contributed by atoms with E-state index in [0.29, 0.717) is 11.7 Å². The molecule has 4 heterocycles. The predicted octanol–water partition coefficient (Wildman–Crippen LogP) is 4.18. The van der Waals surface area contributed by atoms with Crippen molar-refractivity contribution in [1.29, 1.82) is 5.26 Å². The average Bonchev–Trinajstić information content (AvgIpc) is 3.17. The van der Waals surface area contributed by atoms with Crippen molar-refractivity contribution in [3.05, 3.63) is 60.0 Å². The number of aromatic nitrogens is 3. The van der Waals surface area contributed by atoms with Crippen LogP contribution in [0.25, 0.3) is 33.1 Å². The second-order valence-corrected chi connectivity index (χ2v) is 8.64. The maximum absolute atomic E-state index is 9.18. The predicted molar refractivity (Wildman–Crippen MR) is 124 cm³/mol. The first-order chi connectivity index (χ1) is 15.1. The number of nitrogens with zero attached hydrogens (tertiary/aromatic N) is 5. The lowest BCUT2D eigenvalue weighted by atomic mass is 10.0. The Morgan fingerprint density at radius 3 is 2.52 bits per heavy atom. The fourth-order valence-electron chi connectivity index (χ4n) is 4.55. The molecule has 5 rings (SSSR count). The lowest BCUT2D eigenvalue weighted by Gasteiger charge is -2.35. The van der Waals surface area contributed by atoms with Crippen LogP contribution < -0.4 is 0 Å². The van der Waals surface area contributed by atoms with Gasteiger partial charge in [-0.3, -0.25) is 4.90 Å². The average molecular weight is 411 g/mol. The summed E-state index contributed by atoms with van der Waals surface area (Å²) in [4.78, 5) is 16.9. The maximum Gasteiger partial charge on any atom is 0.141 e. The van der Waals surface area contributed by atoms with Gasteiger partial charge in [0.1, 0.15) is 17.4 Å². The lowest BCUT2D eigenvalue weighted by molar-refractivity contribution is 0.140. The Morgan fingerprint density at radius 2 is 1.81 bits per heavy atom. The summed E-state index contributed by atoms with van der Waals surface area (Å²) >= 11 is 0. The molecular weight excluding hydrogens is 384 g/mol. The highest BCUT2D eigenvalue weighted by Crippen LogP contribution is 2.29. The molecule has 0 radical (unpaired) electrons. The molecule has 31 heavy (non-hydrogen) atoms. The molecule has 156 valence electrons. The largest absolute Gasteiger partial charge is 0.338 e. The number of aromatic amines is 1. The van der Waals surface area contributed by atoms with E-state index in [4.69, 9.17) is 0 Å². The zero-order valence-corrected chi connectivity index (χ0v) is 18.0. The molecular formula is C25H26N6. The number of benzene rings is 1. The van der Waals surface area contributed by atoms with Crippen molar-refractivity contribution in [2.45, 2.75) is 25.4 Å². The van der Waals surface area contributed by atoms with Gasteiger partial charge in [-0.2, -0.15) is 5.26 Å². The van der Waals surface area contributed by atoms with E-state index in [9.17, 15) is 5.26 Å². The van der Waals surface area contributed by atoms with Crippen LogP contribution in [0, 0.1) is 11.3 Å². The summed E-state index contributed by atoms with van der Waals surface area (Å²) in [5, 5.41) is 11.2. The van der Waals surface area contributed by atoms with Crippen LogP contribution in [-0.2, 0) is 6.54 Å². The number of nitriles is 1. The fraction of sp³-hybridized carbons (Fsp3) is 0.320. The molecule has 3 aromatic heterocycles. The van der Waals surface area contributed by atoms with Crippen molar-refractivity contribution in [1.82, 2.24) is 24.8 Å². The molecule has 1 aromatic carbocycles. The number of piperidine rings is 1. The lowest BCUT2D eigenvalue weighted by Crippen LogP contribution is -2.41. The van der Waals surface area contributed by atoms with Crippen molar-refractivity contribution in [3.63, 3.8) is 0 Å². The zero-order valence-electron chi connectivity index (χ0n) is 18.0. The highest BCUT2D eigenvalue weighted by atomic mass is 15.2. The molecule has 0 unspecified atom stereocenters. The van der Waals surface area contributed by atoms with E-state index >= 15 is 0 Å². The molecule has 1 aliphatic heterocycles. The summed E-state index contributed by atoms with van der Waals surface area (Å²) in [5.74, 6) is 0. The number of H-pyrrole nitrogens is 1. The minimum absolute atomic E-state index is 0.415. The third-order valence-corrected chi connectivity index (χ3v) is 6.43. The van der Waals surface area contributed by atoms with E-state index in [-0.39, 0.29) is 0 Å². The van der Waals surface area contributed by atoms with Gasteiger partial charge in [0.05, 0.1) is 11.7 Å². The smallest absolute Gasteiger partial charge is 0.141 e. The summed E-state index contributed by atoms with van der Waals surface area (Å²) in [5.41, 5.74) is 5.69. The van der Waals surface area contributed by atoms with Gasteiger partial charge in [-0.05, 0) is 63.3 Å². The number of hydrogen-bond acceptors (Lipinski definition) is 5. The van der Waals surface area contributed by atoms with Gasteiger partial charge in [0.2, 0.25) is 0 Å². The second-order valence-electron chi connectivity index (χ2n) is 8.64.